The Kier molecular flexibility index (Phi) is 7.44. The number of imide groups is 2. The van der Waals surface area contributed by atoms with Crippen molar-refractivity contribution in [3.05, 3.63) is 102 Å². The number of fused-ring (bicyclic) bond motifs is 5. The first-order valence-electron chi connectivity index (χ1n) is 15.8. The number of para-hydroxylation sites is 3. The molecule has 6 unspecified atom stereocenters. The van der Waals surface area contributed by atoms with Crippen LogP contribution in [0.5, 0.6) is 5.75 Å². The summed E-state index contributed by atoms with van der Waals surface area (Å²) in [6, 6.07) is 19.4. The molecule has 3 heterocycles. The van der Waals surface area contributed by atoms with Crippen LogP contribution < -0.4 is 4.90 Å². The second-order valence-electron chi connectivity index (χ2n) is 12.9. The van der Waals surface area contributed by atoms with Crippen molar-refractivity contribution in [2.75, 3.05) is 10.4 Å². The largest absolute Gasteiger partial charge is 0.507 e. The standard InChI is InChI=1S/C37H28BrCl2N3O6/c1-2-6-19-7-5-8-24(30(19)44)29-22-15-16-23-28(25(22)17-36(39)34(47)42(18-38)35(48)37(29,36)40)33(46)43(32(23)45)21-13-11-20(12-14-21)31-41-26-9-3-4-10-27(26)49-31/h2-5,7-15,23,25,28-29,44H,1,6,16-18H2. The number of hydrogen-bond donors (Lipinski definition) is 1. The second kappa shape index (κ2) is 11.4. The number of halogens is 3. The normalized spacial score (nSPS) is 29.2. The molecular formula is C37H28BrCl2N3O6. The minimum atomic E-state index is -2.01. The zero-order chi connectivity index (χ0) is 34.4. The van der Waals surface area contributed by atoms with E-state index in [0.717, 1.165) is 4.90 Å². The number of rotatable bonds is 6. The van der Waals surface area contributed by atoms with Gasteiger partial charge in [0.2, 0.25) is 17.7 Å². The van der Waals surface area contributed by atoms with Gasteiger partial charge in [-0.1, -0.05) is 64.0 Å². The monoisotopic (exact) mass is 759 g/mol. The van der Waals surface area contributed by atoms with Gasteiger partial charge in [0.05, 0.1) is 23.0 Å². The van der Waals surface area contributed by atoms with Crippen LogP contribution in [0.25, 0.3) is 22.6 Å². The van der Waals surface area contributed by atoms with Crippen molar-refractivity contribution in [1.82, 2.24) is 9.88 Å². The number of aromatic hydroxyl groups is 1. The van der Waals surface area contributed by atoms with E-state index in [1.54, 1.807) is 48.5 Å². The van der Waals surface area contributed by atoms with Crippen LogP contribution in [0.3, 0.4) is 0 Å². The van der Waals surface area contributed by atoms with Gasteiger partial charge in [0, 0.05) is 17.0 Å². The van der Waals surface area contributed by atoms with Gasteiger partial charge in [-0.3, -0.25) is 29.0 Å². The molecule has 2 aliphatic heterocycles. The highest BCUT2D eigenvalue weighted by atomic mass is 79.9. The van der Waals surface area contributed by atoms with Crippen LogP contribution in [-0.2, 0) is 25.6 Å². The number of phenolic OH excluding ortho intramolecular Hbond substituents is 1. The fraction of sp³-hybridized carbons (Fsp3) is 0.270. The van der Waals surface area contributed by atoms with Gasteiger partial charge in [-0.05, 0) is 67.1 Å². The van der Waals surface area contributed by atoms with E-state index in [2.05, 4.69) is 27.5 Å². The van der Waals surface area contributed by atoms with E-state index in [9.17, 15) is 24.3 Å². The van der Waals surface area contributed by atoms with Crippen LogP contribution >= 0.6 is 39.1 Å². The molecule has 49 heavy (non-hydrogen) atoms. The molecule has 4 aromatic rings. The molecule has 0 spiro atoms. The summed E-state index contributed by atoms with van der Waals surface area (Å²) < 4.78 is 5.89. The van der Waals surface area contributed by atoms with Crippen LogP contribution in [0.15, 0.2) is 95.5 Å². The Balaban J connectivity index is 1.20. The molecular weight excluding hydrogens is 733 g/mol. The molecule has 2 saturated heterocycles. The highest BCUT2D eigenvalue weighted by molar-refractivity contribution is 9.09. The SMILES string of the molecule is C=CCc1cccc(C2C3=CCC4C(=O)N(c5ccc(-c6nc7ccccc7o6)cc5)C(=O)C4C3CC3(Cl)C(=O)N(CBr)C(=O)C23Cl)c1O. The van der Waals surface area contributed by atoms with Crippen molar-refractivity contribution in [1.29, 1.82) is 0 Å². The van der Waals surface area contributed by atoms with Gasteiger partial charge in [0.15, 0.2) is 15.3 Å². The highest BCUT2D eigenvalue weighted by Gasteiger charge is 2.76. The molecule has 1 saturated carbocycles. The van der Waals surface area contributed by atoms with Gasteiger partial charge < -0.3 is 9.52 Å². The lowest BCUT2D eigenvalue weighted by molar-refractivity contribution is -0.138. The number of amides is 4. The average Bonchev–Trinajstić information content (AvgIpc) is 3.69. The lowest BCUT2D eigenvalue weighted by atomic mass is 9.56. The van der Waals surface area contributed by atoms with E-state index in [1.807, 2.05) is 30.3 Å². The summed E-state index contributed by atoms with van der Waals surface area (Å²) in [5, 5.41) is 11.5. The first-order chi connectivity index (χ1) is 23.5. The Labute approximate surface area is 299 Å². The smallest absolute Gasteiger partial charge is 0.254 e. The van der Waals surface area contributed by atoms with Crippen LogP contribution in [0.1, 0.15) is 29.9 Å². The molecule has 0 radical (unpaired) electrons. The summed E-state index contributed by atoms with van der Waals surface area (Å²) in [6.45, 7) is 3.78. The molecule has 3 fully saturated rings. The van der Waals surface area contributed by atoms with Crippen molar-refractivity contribution >= 4 is 79.5 Å². The van der Waals surface area contributed by atoms with E-state index >= 15 is 0 Å². The summed E-state index contributed by atoms with van der Waals surface area (Å²) in [6.07, 6.45) is 3.88. The quantitative estimate of drug-likeness (QED) is 0.0989. The third-order valence-corrected chi connectivity index (χ3v) is 12.4. The molecule has 9 nitrogen and oxygen atoms in total. The number of oxazole rings is 1. The number of alkyl halides is 3. The number of anilines is 1. The highest BCUT2D eigenvalue weighted by Crippen LogP contribution is 2.66. The van der Waals surface area contributed by atoms with E-state index in [1.165, 1.54) is 4.90 Å². The van der Waals surface area contributed by atoms with Crippen molar-refractivity contribution < 1.29 is 28.7 Å². The first-order valence-corrected chi connectivity index (χ1v) is 17.7. The number of carbonyl (C=O) groups excluding carboxylic acids is 4. The number of benzene rings is 3. The summed E-state index contributed by atoms with van der Waals surface area (Å²) in [5.74, 6) is -5.25. The summed E-state index contributed by atoms with van der Waals surface area (Å²) >= 11 is 17.9. The number of aromatic nitrogens is 1. The van der Waals surface area contributed by atoms with Crippen molar-refractivity contribution in [3.63, 3.8) is 0 Å². The molecule has 8 rings (SSSR count). The minimum Gasteiger partial charge on any atom is -0.507 e. The van der Waals surface area contributed by atoms with Gasteiger partial charge in [0.25, 0.3) is 11.8 Å². The van der Waals surface area contributed by atoms with Gasteiger partial charge in [-0.15, -0.1) is 29.8 Å². The van der Waals surface area contributed by atoms with E-state index in [-0.39, 0.29) is 30.0 Å². The maximum Gasteiger partial charge on any atom is 0.254 e. The van der Waals surface area contributed by atoms with E-state index in [0.29, 0.717) is 51.4 Å². The molecule has 1 aromatic heterocycles. The van der Waals surface area contributed by atoms with Gasteiger partial charge in [0.1, 0.15) is 11.3 Å². The number of likely N-dealkylation sites (tertiary alicyclic amines) is 1. The summed E-state index contributed by atoms with van der Waals surface area (Å²) in [4.78, 5) is 59.1. The Morgan fingerprint density at radius 1 is 0.980 bits per heavy atom. The van der Waals surface area contributed by atoms with Gasteiger partial charge >= 0.3 is 0 Å². The fourth-order valence-corrected chi connectivity index (χ4v) is 9.68. The molecule has 3 aromatic carbocycles. The first kappa shape index (κ1) is 32.0. The van der Waals surface area contributed by atoms with Crippen molar-refractivity contribution in [2.45, 2.75) is 34.9 Å². The van der Waals surface area contributed by atoms with E-state index < -0.39 is 51.1 Å². The molecule has 4 amide bonds. The maximum absolute atomic E-state index is 14.4. The number of nitrogens with zero attached hydrogens (tertiary/aromatic N) is 3. The van der Waals surface area contributed by atoms with Crippen molar-refractivity contribution in [3.8, 4) is 17.2 Å². The Morgan fingerprint density at radius 3 is 2.45 bits per heavy atom. The number of hydrogen-bond acceptors (Lipinski definition) is 7. The number of allylic oxidation sites excluding steroid dienone is 3. The second-order valence-corrected chi connectivity index (χ2v) is 14.6. The third-order valence-electron chi connectivity index (χ3n) is 10.5. The minimum absolute atomic E-state index is 0.0952. The average molecular weight is 761 g/mol. The van der Waals surface area contributed by atoms with E-state index in [4.69, 9.17) is 27.6 Å². The van der Waals surface area contributed by atoms with Crippen LogP contribution in [0, 0.1) is 17.8 Å². The summed E-state index contributed by atoms with van der Waals surface area (Å²) in [7, 11) is 0. The third kappa shape index (κ3) is 4.33. The summed E-state index contributed by atoms with van der Waals surface area (Å²) in [5.41, 5.74) is 3.76. The predicted octanol–water partition coefficient (Wildman–Crippen LogP) is 6.84. The van der Waals surface area contributed by atoms with Crippen LogP contribution in [0.2, 0.25) is 0 Å². The zero-order valence-corrected chi connectivity index (χ0v) is 28.9. The van der Waals surface area contributed by atoms with Crippen molar-refractivity contribution in [2.24, 2.45) is 17.8 Å². The number of carbonyl (C=O) groups is 4. The molecule has 4 aliphatic rings. The molecule has 0 bridgehead atoms. The van der Waals surface area contributed by atoms with Gasteiger partial charge in [-0.25, -0.2) is 4.98 Å². The zero-order valence-electron chi connectivity index (χ0n) is 25.8. The number of phenols is 1. The Hall–Kier alpha value is -4.25. The van der Waals surface area contributed by atoms with Crippen LogP contribution in [0.4, 0.5) is 5.69 Å². The lowest BCUT2D eigenvalue weighted by Crippen LogP contribution is -2.60. The topological polar surface area (TPSA) is 121 Å². The maximum atomic E-state index is 14.4. The predicted molar refractivity (Wildman–Crippen MR) is 187 cm³/mol. The molecule has 1 N–H and O–H groups in total. The lowest BCUT2D eigenvalue weighted by Gasteiger charge is -2.50. The Morgan fingerprint density at radius 2 is 1.73 bits per heavy atom. The van der Waals surface area contributed by atoms with Crippen LogP contribution in [-0.4, -0.2) is 53.8 Å². The molecule has 248 valence electrons. The fourth-order valence-electron chi connectivity index (χ4n) is 8.27. The molecule has 2 aliphatic carbocycles. The van der Waals surface area contributed by atoms with Gasteiger partial charge in [-0.2, -0.15) is 0 Å². The molecule has 6 atom stereocenters. The molecule has 12 heteroatoms. The Bertz CT molecular complexity index is 2120.